The molecule has 148 valence electrons. The topological polar surface area (TPSA) is 110 Å². The van der Waals surface area contributed by atoms with Crippen LogP contribution in [0.1, 0.15) is 28.5 Å². The van der Waals surface area contributed by atoms with Gasteiger partial charge in [0.05, 0.1) is 4.92 Å². The summed E-state index contributed by atoms with van der Waals surface area (Å²) in [6.45, 7) is 3.84. The van der Waals surface area contributed by atoms with Crippen LogP contribution >= 0.6 is 11.6 Å². The average Bonchev–Trinajstić information content (AvgIpc) is 2.68. The van der Waals surface area contributed by atoms with E-state index in [9.17, 15) is 14.9 Å². The van der Waals surface area contributed by atoms with E-state index in [1.54, 1.807) is 12.1 Å². The quantitative estimate of drug-likeness (QED) is 0.440. The molecule has 3 rings (SSSR count). The van der Waals surface area contributed by atoms with Crippen LogP contribution in [0.4, 0.5) is 22.9 Å². The number of anilines is 3. The van der Waals surface area contributed by atoms with Gasteiger partial charge in [-0.2, -0.15) is 0 Å². The van der Waals surface area contributed by atoms with E-state index < -0.39 is 10.8 Å². The Balaban J connectivity index is 1.86. The zero-order chi connectivity index (χ0) is 21.0. The molecule has 0 unspecified atom stereocenters. The highest BCUT2D eigenvalue weighted by Crippen LogP contribution is 2.27. The van der Waals surface area contributed by atoms with E-state index in [4.69, 9.17) is 11.6 Å². The fourth-order valence-electron chi connectivity index (χ4n) is 2.74. The predicted octanol–water partition coefficient (Wildman–Crippen LogP) is 4.90. The van der Waals surface area contributed by atoms with Gasteiger partial charge in [0.1, 0.15) is 17.2 Å². The first-order valence-electron chi connectivity index (χ1n) is 8.81. The summed E-state index contributed by atoms with van der Waals surface area (Å²) in [5.74, 6) is 0.168. The SMILES string of the molecule is CCc1ccc(Nc2cc(C)ncn2)cc1NC(=O)c1ccc(Cl)c([N+](=O)[O-])c1. The maximum Gasteiger partial charge on any atom is 0.288 e. The number of hydrogen-bond donors (Lipinski definition) is 2. The maximum atomic E-state index is 12.7. The summed E-state index contributed by atoms with van der Waals surface area (Å²) in [7, 11) is 0. The van der Waals surface area contributed by atoms with Gasteiger partial charge in [0, 0.05) is 34.8 Å². The van der Waals surface area contributed by atoms with Crippen molar-refractivity contribution in [3.8, 4) is 0 Å². The van der Waals surface area contributed by atoms with Crippen molar-refractivity contribution in [2.24, 2.45) is 0 Å². The van der Waals surface area contributed by atoms with Crippen molar-refractivity contribution in [1.29, 1.82) is 0 Å². The average molecular weight is 412 g/mol. The molecule has 8 nitrogen and oxygen atoms in total. The Morgan fingerprint density at radius 3 is 2.66 bits per heavy atom. The van der Waals surface area contributed by atoms with E-state index in [0.29, 0.717) is 17.9 Å². The summed E-state index contributed by atoms with van der Waals surface area (Å²) < 4.78 is 0. The fraction of sp³-hybridized carbons (Fsp3) is 0.150. The summed E-state index contributed by atoms with van der Waals surface area (Å²) in [5, 5.41) is 17.0. The first-order valence-corrected chi connectivity index (χ1v) is 9.19. The number of benzene rings is 2. The Morgan fingerprint density at radius 2 is 1.97 bits per heavy atom. The number of rotatable bonds is 6. The van der Waals surface area contributed by atoms with E-state index in [2.05, 4.69) is 20.6 Å². The van der Waals surface area contributed by atoms with Gasteiger partial charge in [0.2, 0.25) is 0 Å². The van der Waals surface area contributed by atoms with Gasteiger partial charge in [-0.3, -0.25) is 14.9 Å². The lowest BCUT2D eigenvalue weighted by molar-refractivity contribution is -0.384. The second kappa shape index (κ2) is 8.66. The molecule has 29 heavy (non-hydrogen) atoms. The molecule has 0 saturated heterocycles. The molecule has 0 aliphatic heterocycles. The van der Waals surface area contributed by atoms with Crippen LogP contribution in [0, 0.1) is 17.0 Å². The lowest BCUT2D eigenvalue weighted by Crippen LogP contribution is -2.14. The zero-order valence-electron chi connectivity index (χ0n) is 15.8. The van der Waals surface area contributed by atoms with Gasteiger partial charge in [-0.1, -0.05) is 24.6 Å². The fourth-order valence-corrected chi connectivity index (χ4v) is 2.92. The molecule has 2 N–H and O–H groups in total. The largest absolute Gasteiger partial charge is 0.340 e. The van der Waals surface area contributed by atoms with Gasteiger partial charge < -0.3 is 10.6 Å². The Bertz CT molecular complexity index is 1090. The molecule has 0 saturated carbocycles. The number of aryl methyl sites for hydroxylation is 2. The number of carbonyl (C=O) groups excluding carboxylic acids is 1. The van der Waals surface area contributed by atoms with Gasteiger partial charge in [-0.15, -0.1) is 0 Å². The van der Waals surface area contributed by atoms with Crippen LogP contribution in [-0.2, 0) is 6.42 Å². The van der Waals surface area contributed by atoms with E-state index >= 15 is 0 Å². The molecule has 1 aromatic heterocycles. The first kappa shape index (κ1) is 20.2. The molecule has 0 aliphatic carbocycles. The van der Waals surface area contributed by atoms with Crippen LogP contribution < -0.4 is 10.6 Å². The zero-order valence-corrected chi connectivity index (χ0v) is 16.5. The highest BCUT2D eigenvalue weighted by atomic mass is 35.5. The Hall–Kier alpha value is -3.52. The number of nitrogens with one attached hydrogen (secondary N) is 2. The molecule has 3 aromatic rings. The predicted molar refractivity (Wildman–Crippen MR) is 112 cm³/mol. The first-order chi connectivity index (χ1) is 13.9. The Labute approximate surface area is 172 Å². The lowest BCUT2D eigenvalue weighted by atomic mass is 10.1. The minimum atomic E-state index is -0.620. The van der Waals surface area contributed by atoms with Crippen molar-refractivity contribution >= 4 is 40.4 Å². The number of amides is 1. The maximum absolute atomic E-state index is 12.7. The van der Waals surface area contributed by atoms with Crippen molar-refractivity contribution < 1.29 is 9.72 Å². The van der Waals surface area contributed by atoms with Crippen LogP contribution in [0.5, 0.6) is 0 Å². The number of carbonyl (C=O) groups is 1. The van der Waals surface area contributed by atoms with Crippen LogP contribution in [-0.4, -0.2) is 20.8 Å². The van der Waals surface area contributed by atoms with E-state index in [-0.39, 0.29) is 16.3 Å². The highest BCUT2D eigenvalue weighted by molar-refractivity contribution is 6.32. The summed E-state index contributed by atoms with van der Waals surface area (Å²) in [5.41, 5.74) is 2.91. The number of hydrogen-bond acceptors (Lipinski definition) is 6. The van der Waals surface area contributed by atoms with Crippen molar-refractivity contribution in [2.75, 3.05) is 10.6 Å². The number of nitro groups is 1. The molecule has 1 amide bonds. The van der Waals surface area contributed by atoms with Crippen molar-refractivity contribution in [1.82, 2.24) is 9.97 Å². The second-order valence-corrected chi connectivity index (χ2v) is 6.68. The molecule has 1 heterocycles. The van der Waals surface area contributed by atoms with Crippen LogP contribution in [0.3, 0.4) is 0 Å². The van der Waals surface area contributed by atoms with Gasteiger partial charge in [0.15, 0.2) is 0 Å². The standard InChI is InChI=1S/C20H18ClN5O3/c1-3-13-4-6-15(24-19-8-12(2)22-11-23-19)10-17(13)25-20(27)14-5-7-16(21)18(9-14)26(28)29/h4-11H,3H2,1-2H3,(H,25,27)(H,22,23,24). The van der Waals surface area contributed by atoms with Crippen LogP contribution in [0.2, 0.25) is 5.02 Å². The van der Waals surface area contributed by atoms with Gasteiger partial charge in [-0.05, 0) is 43.2 Å². The molecule has 0 bridgehead atoms. The number of nitro benzene ring substituents is 1. The van der Waals surface area contributed by atoms with Gasteiger partial charge >= 0.3 is 0 Å². The van der Waals surface area contributed by atoms with E-state index in [1.165, 1.54) is 18.5 Å². The third kappa shape index (κ3) is 4.85. The van der Waals surface area contributed by atoms with Crippen molar-refractivity contribution in [2.45, 2.75) is 20.3 Å². The Morgan fingerprint density at radius 1 is 1.17 bits per heavy atom. The number of nitrogens with zero attached hydrogens (tertiary/aromatic N) is 3. The number of halogens is 1. The minimum Gasteiger partial charge on any atom is -0.340 e. The Kier molecular flexibility index (Phi) is 6.04. The van der Waals surface area contributed by atoms with E-state index in [0.717, 1.165) is 23.0 Å². The minimum absolute atomic E-state index is 0.0212. The van der Waals surface area contributed by atoms with E-state index in [1.807, 2.05) is 26.0 Å². The summed E-state index contributed by atoms with van der Waals surface area (Å²) >= 11 is 5.82. The molecule has 9 heteroatoms. The third-order valence-corrected chi connectivity index (χ3v) is 4.54. The molecule has 0 atom stereocenters. The van der Waals surface area contributed by atoms with Crippen molar-refractivity contribution in [3.63, 3.8) is 0 Å². The number of aromatic nitrogens is 2. The summed E-state index contributed by atoms with van der Waals surface area (Å²) in [6, 6.07) is 11.3. The molecule has 0 radical (unpaired) electrons. The van der Waals surface area contributed by atoms with Crippen molar-refractivity contribution in [3.05, 3.63) is 80.7 Å². The molecular weight excluding hydrogens is 394 g/mol. The molecule has 0 spiro atoms. The second-order valence-electron chi connectivity index (χ2n) is 6.27. The molecule has 0 aliphatic rings. The smallest absolute Gasteiger partial charge is 0.288 e. The third-order valence-electron chi connectivity index (χ3n) is 4.22. The monoisotopic (exact) mass is 411 g/mol. The van der Waals surface area contributed by atoms with Gasteiger partial charge in [0.25, 0.3) is 11.6 Å². The van der Waals surface area contributed by atoms with Crippen LogP contribution in [0.25, 0.3) is 0 Å². The lowest BCUT2D eigenvalue weighted by Gasteiger charge is -2.13. The molecular formula is C20H18ClN5O3. The van der Waals surface area contributed by atoms with Crippen LogP contribution in [0.15, 0.2) is 48.8 Å². The normalized spacial score (nSPS) is 10.4. The molecule has 0 fully saturated rings. The highest BCUT2D eigenvalue weighted by Gasteiger charge is 2.17. The summed E-state index contributed by atoms with van der Waals surface area (Å²) in [4.78, 5) is 31.3. The molecule has 2 aromatic carbocycles. The summed E-state index contributed by atoms with van der Waals surface area (Å²) in [6.07, 6.45) is 2.16. The van der Waals surface area contributed by atoms with Gasteiger partial charge in [-0.25, -0.2) is 9.97 Å².